The van der Waals surface area contributed by atoms with Gasteiger partial charge in [0.2, 0.25) is 0 Å². The molecular formula is C13H16O3. The fraction of sp³-hybridized carbons (Fsp3) is 0.385. The number of aliphatic hydroxyl groups is 1. The van der Waals surface area contributed by atoms with Crippen LogP contribution in [0.25, 0.3) is 0 Å². The van der Waals surface area contributed by atoms with Crippen LogP contribution in [0.1, 0.15) is 18.9 Å². The highest BCUT2D eigenvalue weighted by molar-refractivity contribution is 5.40. The second kappa shape index (κ2) is 6.76. The number of hydrogen-bond donors (Lipinski definition) is 1. The van der Waals surface area contributed by atoms with Crippen LogP contribution in [0.4, 0.5) is 0 Å². The summed E-state index contributed by atoms with van der Waals surface area (Å²) in [4.78, 5) is 0. The molecule has 1 rings (SSSR count). The normalized spacial score (nSPS) is 9.56. The van der Waals surface area contributed by atoms with Gasteiger partial charge in [-0.2, -0.15) is 0 Å². The Labute approximate surface area is 96.0 Å². The average Bonchev–Trinajstić information content (AvgIpc) is 2.33. The summed E-state index contributed by atoms with van der Waals surface area (Å²) in [5, 5.41) is 9.11. The molecule has 1 aromatic rings. The van der Waals surface area contributed by atoms with E-state index in [1.807, 2.05) is 13.0 Å². The van der Waals surface area contributed by atoms with Gasteiger partial charge in [0, 0.05) is 11.6 Å². The van der Waals surface area contributed by atoms with Gasteiger partial charge in [0.1, 0.15) is 18.1 Å². The highest BCUT2D eigenvalue weighted by Gasteiger charge is 2.04. The number of benzene rings is 1. The lowest BCUT2D eigenvalue weighted by atomic mass is 10.2. The summed E-state index contributed by atoms with van der Waals surface area (Å²) >= 11 is 0. The summed E-state index contributed by atoms with van der Waals surface area (Å²) in [6.07, 6.45) is 6.06. The summed E-state index contributed by atoms with van der Waals surface area (Å²) < 4.78 is 10.8. The van der Waals surface area contributed by atoms with Crippen molar-refractivity contribution >= 4 is 0 Å². The molecule has 0 aromatic heterocycles. The van der Waals surface area contributed by atoms with E-state index in [2.05, 4.69) is 5.92 Å². The molecule has 1 N–H and O–H groups in total. The Morgan fingerprint density at radius 1 is 1.38 bits per heavy atom. The Morgan fingerprint density at radius 3 is 2.81 bits per heavy atom. The first-order valence-corrected chi connectivity index (χ1v) is 5.24. The molecule has 0 fully saturated rings. The molecule has 1 aromatic carbocycles. The van der Waals surface area contributed by atoms with Crippen molar-refractivity contribution < 1.29 is 14.6 Å². The van der Waals surface area contributed by atoms with Crippen LogP contribution >= 0.6 is 0 Å². The monoisotopic (exact) mass is 220 g/mol. The molecule has 3 nitrogen and oxygen atoms in total. The molecule has 0 radical (unpaired) electrons. The molecule has 0 aliphatic rings. The molecule has 0 amide bonds. The van der Waals surface area contributed by atoms with E-state index in [9.17, 15) is 0 Å². The van der Waals surface area contributed by atoms with Crippen molar-refractivity contribution in [3.63, 3.8) is 0 Å². The lowest BCUT2D eigenvalue weighted by molar-refractivity contribution is 0.268. The van der Waals surface area contributed by atoms with E-state index in [1.54, 1.807) is 12.1 Å². The molecule has 0 spiro atoms. The van der Waals surface area contributed by atoms with E-state index >= 15 is 0 Å². The third kappa shape index (κ3) is 3.48. The number of aliphatic hydroxyl groups excluding tert-OH is 1. The lowest BCUT2D eigenvalue weighted by Gasteiger charge is -2.10. The molecular weight excluding hydrogens is 204 g/mol. The van der Waals surface area contributed by atoms with Gasteiger partial charge in [0.15, 0.2) is 0 Å². The summed E-state index contributed by atoms with van der Waals surface area (Å²) in [5.74, 6) is 3.69. The van der Waals surface area contributed by atoms with Gasteiger partial charge in [-0.15, -0.1) is 6.42 Å². The third-order valence-electron chi connectivity index (χ3n) is 1.99. The third-order valence-corrected chi connectivity index (χ3v) is 1.99. The SMILES string of the molecule is C#CCOc1cc(OCCC)ccc1CO. The minimum Gasteiger partial charge on any atom is -0.493 e. The molecule has 0 heterocycles. The second-order valence-electron chi connectivity index (χ2n) is 3.27. The fourth-order valence-electron chi connectivity index (χ4n) is 1.23. The van der Waals surface area contributed by atoms with Gasteiger partial charge in [0.05, 0.1) is 13.2 Å². The molecule has 86 valence electrons. The van der Waals surface area contributed by atoms with Gasteiger partial charge < -0.3 is 14.6 Å². The number of terminal acetylenes is 1. The Kier molecular flexibility index (Phi) is 5.24. The maximum absolute atomic E-state index is 9.11. The van der Waals surface area contributed by atoms with Crippen molar-refractivity contribution in [2.24, 2.45) is 0 Å². The highest BCUT2D eigenvalue weighted by atomic mass is 16.5. The molecule has 3 heteroatoms. The molecule has 0 unspecified atom stereocenters. The van der Waals surface area contributed by atoms with Crippen LogP contribution in [0.3, 0.4) is 0 Å². The van der Waals surface area contributed by atoms with Crippen LogP contribution in [0.2, 0.25) is 0 Å². The van der Waals surface area contributed by atoms with Crippen molar-refractivity contribution in [2.45, 2.75) is 20.0 Å². The van der Waals surface area contributed by atoms with Gasteiger partial charge in [-0.1, -0.05) is 12.8 Å². The first-order chi connectivity index (χ1) is 7.81. The zero-order valence-corrected chi connectivity index (χ0v) is 9.40. The lowest BCUT2D eigenvalue weighted by Crippen LogP contribution is -2.00. The van der Waals surface area contributed by atoms with E-state index in [4.69, 9.17) is 21.0 Å². The van der Waals surface area contributed by atoms with Gasteiger partial charge >= 0.3 is 0 Å². The van der Waals surface area contributed by atoms with Gasteiger partial charge in [0.25, 0.3) is 0 Å². The van der Waals surface area contributed by atoms with Crippen molar-refractivity contribution in [3.05, 3.63) is 23.8 Å². The van der Waals surface area contributed by atoms with Crippen molar-refractivity contribution in [3.8, 4) is 23.8 Å². The largest absolute Gasteiger partial charge is 0.493 e. The van der Waals surface area contributed by atoms with E-state index in [0.29, 0.717) is 17.9 Å². The molecule has 0 saturated heterocycles. The topological polar surface area (TPSA) is 38.7 Å². The Balaban J connectivity index is 2.79. The zero-order valence-electron chi connectivity index (χ0n) is 9.40. The Hall–Kier alpha value is -1.66. The van der Waals surface area contributed by atoms with Gasteiger partial charge in [-0.05, 0) is 18.6 Å². The Bertz CT molecular complexity index is 366. The summed E-state index contributed by atoms with van der Waals surface area (Å²) in [6, 6.07) is 5.33. The summed E-state index contributed by atoms with van der Waals surface area (Å²) in [5.41, 5.74) is 0.707. The first-order valence-electron chi connectivity index (χ1n) is 5.24. The molecule has 0 atom stereocenters. The van der Waals surface area contributed by atoms with E-state index < -0.39 is 0 Å². The fourth-order valence-corrected chi connectivity index (χ4v) is 1.23. The van der Waals surface area contributed by atoms with Crippen molar-refractivity contribution in [1.29, 1.82) is 0 Å². The van der Waals surface area contributed by atoms with Crippen LogP contribution in [-0.4, -0.2) is 18.3 Å². The highest BCUT2D eigenvalue weighted by Crippen LogP contribution is 2.25. The number of ether oxygens (including phenoxy) is 2. The maximum atomic E-state index is 9.11. The van der Waals surface area contributed by atoms with Crippen molar-refractivity contribution in [1.82, 2.24) is 0 Å². The second-order valence-corrected chi connectivity index (χ2v) is 3.27. The van der Waals surface area contributed by atoms with E-state index in [1.165, 1.54) is 0 Å². The predicted octanol–water partition coefficient (Wildman–Crippen LogP) is 1.98. The minimum absolute atomic E-state index is 0.0754. The van der Waals surface area contributed by atoms with Crippen LogP contribution < -0.4 is 9.47 Å². The molecule has 0 saturated carbocycles. The van der Waals surface area contributed by atoms with Crippen LogP contribution in [-0.2, 0) is 6.61 Å². The number of hydrogen-bond acceptors (Lipinski definition) is 3. The molecule has 0 bridgehead atoms. The molecule has 0 aliphatic carbocycles. The first kappa shape index (κ1) is 12.4. The smallest absolute Gasteiger partial charge is 0.148 e. The van der Waals surface area contributed by atoms with Gasteiger partial charge in [-0.25, -0.2) is 0 Å². The standard InChI is InChI=1S/C13H16O3/c1-3-7-15-12-6-5-11(10-14)13(9-12)16-8-4-2/h2,5-6,9,14H,3,7-8,10H2,1H3. The van der Waals surface area contributed by atoms with Crippen molar-refractivity contribution in [2.75, 3.05) is 13.2 Å². The van der Waals surface area contributed by atoms with Crippen LogP contribution in [0.15, 0.2) is 18.2 Å². The zero-order chi connectivity index (χ0) is 11.8. The predicted molar refractivity (Wildman–Crippen MR) is 62.5 cm³/mol. The number of rotatable bonds is 6. The average molecular weight is 220 g/mol. The molecule has 0 aliphatic heterocycles. The summed E-state index contributed by atoms with van der Waals surface area (Å²) in [6.45, 7) is 2.81. The van der Waals surface area contributed by atoms with E-state index in [-0.39, 0.29) is 13.2 Å². The molecule has 16 heavy (non-hydrogen) atoms. The quantitative estimate of drug-likeness (QED) is 0.745. The Morgan fingerprint density at radius 2 is 2.19 bits per heavy atom. The maximum Gasteiger partial charge on any atom is 0.148 e. The minimum atomic E-state index is -0.0754. The van der Waals surface area contributed by atoms with Crippen LogP contribution in [0, 0.1) is 12.3 Å². The summed E-state index contributed by atoms with van der Waals surface area (Å²) in [7, 11) is 0. The van der Waals surface area contributed by atoms with Gasteiger partial charge in [-0.3, -0.25) is 0 Å². The van der Waals surface area contributed by atoms with Crippen LogP contribution in [0.5, 0.6) is 11.5 Å². The van der Waals surface area contributed by atoms with E-state index in [0.717, 1.165) is 12.2 Å².